The van der Waals surface area contributed by atoms with Crippen molar-refractivity contribution in [2.24, 2.45) is 0 Å². The molecule has 0 aliphatic heterocycles. The molecule has 0 bridgehead atoms. The third kappa shape index (κ3) is 4.72. The van der Waals surface area contributed by atoms with E-state index in [0.29, 0.717) is 0 Å². The number of allylic oxidation sites excluding steroid dienone is 1. The van der Waals surface area contributed by atoms with Gasteiger partial charge in [-0.15, -0.1) is 0 Å². The molecule has 0 spiro atoms. The van der Waals surface area contributed by atoms with Crippen molar-refractivity contribution in [3.63, 3.8) is 0 Å². The molecule has 10 heavy (non-hydrogen) atoms. The van der Waals surface area contributed by atoms with E-state index in [-0.39, 0.29) is 0 Å². The van der Waals surface area contributed by atoms with Gasteiger partial charge in [-0.05, 0) is 15.9 Å². The quantitative estimate of drug-likeness (QED) is 0.498. The highest BCUT2D eigenvalue weighted by molar-refractivity contribution is 9.10. The molecule has 0 N–H and O–H groups in total. The van der Waals surface area contributed by atoms with Crippen LogP contribution in [0.25, 0.3) is 0 Å². The van der Waals surface area contributed by atoms with Crippen LogP contribution in [-0.4, -0.2) is 4.83 Å². The van der Waals surface area contributed by atoms with Gasteiger partial charge in [-0.3, -0.25) is 0 Å². The first-order valence-electron chi connectivity index (χ1n) is 2.09. The van der Waals surface area contributed by atoms with Gasteiger partial charge in [0.1, 0.15) is 0 Å². The molecule has 0 aromatic rings. The van der Waals surface area contributed by atoms with E-state index in [1.54, 1.807) is 15.9 Å². The molecule has 0 aliphatic rings. The zero-order valence-electron chi connectivity index (χ0n) is 4.47. The highest BCUT2D eigenvalue weighted by Crippen LogP contribution is 2.31. The summed E-state index contributed by atoms with van der Waals surface area (Å²) >= 11 is 1.71. The fourth-order valence-electron chi connectivity index (χ4n) is 0.243. The van der Waals surface area contributed by atoms with Crippen LogP contribution in [0.2, 0.25) is 0 Å². The van der Waals surface area contributed by atoms with Crippen molar-refractivity contribution in [1.82, 2.24) is 0 Å². The molecule has 0 aromatic heterocycles. The fraction of sp³-hybridized carbons (Fsp3) is 0.500. The third-order valence-electron chi connectivity index (χ3n) is 0.561. The SMILES string of the molecule is FC(F)=C(F)CC(F)(F)Br. The Hall–Kier alpha value is -0.130. The van der Waals surface area contributed by atoms with Gasteiger partial charge in [0.05, 0.1) is 6.42 Å². The van der Waals surface area contributed by atoms with E-state index < -0.39 is 23.2 Å². The minimum absolute atomic E-state index is 1.62. The predicted molar refractivity (Wildman–Crippen MR) is 28.8 cm³/mol. The number of halogens is 6. The molecule has 0 aliphatic carbocycles. The Morgan fingerprint density at radius 2 is 1.60 bits per heavy atom. The van der Waals surface area contributed by atoms with Crippen molar-refractivity contribution in [3.05, 3.63) is 11.9 Å². The number of hydrogen-bond acceptors (Lipinski definition) is 0. The van der Waals surface area contributed by atoms with E-state index in [2.05, 4.69) is 0 Å². The van der Waals surface area contributed by atoms with Gasteiger partial charge in [-0.1, -0.05) is 0 Å². The molecule has 0 saturated carbocycles. The average Bonchev–Trinajstić information content (AvgIpc) is 1.60. The first-order valence-corrected chi connectivity index (χ1v) is 2.88. The monoisotopic (exact) mass is 224 g/mol. The lowest BCUT2D eigenvalue weighted by molar-refractivity contribution is 0.105. The minimum Gasteiger partial charge on any atom is -0.206 e. The van der Waals surface area contributed by atoms with Crippen molar-refractivity contribution in [1.29, 1.82) is 0 Å². The number of alkyl halides is 3. The van der Waals surface area contributed by atoms with Crippen LogP contribution < -0.4 is 0 Å². The van der Waals surface area contributed by atoms with Gasteiger partial charge in [0.15, 0.2) is 5.83 Å². The molecule has 0 fully saturated rings. The summed E-state index contributed by atoms with van der Waals surface area (Å²) in [5.74, 6) is -2.10. The van der Waals surface area contributed by atoms with Gasteiger partial charge in [0.2, 0.25) is 0 Å². The van der Waals surface area contributed by atoms with Crippen LogP contribution >= 0.6 is 15.9 Å². The summed E-state index contributed by atoms with van der Waals surface area (Å²) in [5.41, 5.74) is 0. The summed E-state index contributed by atoms with van der Waals surface area (Å²) in [7, 11) is 0. The van der Waals surface area contributed by atoms with E-state index in [1.807, 2.05) is 0 Å². The first-order chi connectivity index (χ1) is 4.33. The summed E-state index contributed by atoms with van der Waals surface area (Å²) in [6, 6.07) is 0. The highest BCUT2D eigenvalue weighted by atomic mass is 79.9. The maximum Gasteiger partial charge on any atom is 0.307 e. The van der Waals surface area contributed by atoms with Gasteiger partial charge >= 0.3 is 10.9 Å². The van der Waals surface area contributed by atoms with E-state index in [9.17, 15) is 22.0 Å². The fourth-order valence-corrected chi connectivity index (χ4v) is 0.489. The molecule has 60 valence electrons. The summed E-state index contributed by atoms with van der Waals surface area (Å²) < 4.78 is 57.1. The smallest absolute Gasteiger partial charge is 0.206 e. The first kappa shape index (κ1) is 9.87. The van der Waals surface area contributed by atoms with E-state index >= 15 is 0 Å². The lowest BCUT2D eigenvalue weighted by atomic mass is 10.4. The maximum absolute atomic E-state index is 11.6. The van der Waals surface area contributed by atoms with Gasteiger partial charge in [-0.2, -0.15) is 17.6 Å². The van der Waals surface area contributed by atoms with Crippen molar-refractivity contribution < 1.29 is 22.0 Å². The second kappa shape index (κ2) is 3.32. The zero-order chi connectivity index (χ0) is 8.36. The molecule has 0 rings (SSSR count). The average molecular weight is 225 g/mol. The molecule has 0 saturated heterocycles. The van der Waals surface area contributed by atoms with Gasteiger partial charge in [0, 0.05) is 0 Å². The molecule has 0 aromatic carbocycles. The third-order valence-corrected chi connectivity index (χ3v) is 0.841. The number of hydrogen-bond donors (Lipinski definition) is 0. The minimum atomic E-state index is -3.60. The molecule has 0 unspecified atom stereocenters. The topological polar surface area (TPSA) is 0 Å². The van der Waals surface area contributed by atoms with Crippen LogP contribution in [0, 0.1) is 0 Å². The largest absolute Gasteiger partial charge is 0.307 e. The van der Waals surface area contributed by atoms with Gasteiger partial charge < -0.3 is 0 Å². The molecule has 0 radical (unpaired) electrons. The van der Waals surface area contributed by atoms with Crippen LogP contribution in [-0.2, 0) is 0 Å². The Labute approximate surface area is 61.8 Å². The summed E-state index contributed by atoms with van der Waals surface area (Å²) in [6.45, 7) is 0. The Morgan fingerprint density at radius 3 is 1.70 bits per heavy atom. The second-order valence-corrected chi connectivity index (χ2v) is 2.62. The molecule has 0 heterocycles. The maximum atomic E-state index is 11.6. The van der Waals surface area contributed by atoms with Crippen molar-refractivity contribution >= 4 is 15.9 Å². The highest BCUT2D eigenvalue weighted by Gasteiger charge is 2.28. The molecule has 0 nitrogen and oxygen atoms in total. The van der Waals surface area contributed by atoms with Crippen LogP contribution in [0.4, 0.5) is 22.0 Å². The van der Waals surface area contributed by atoms with E-state index in [0.717, 1.165) is 0 Å². The van der Waals surface area contributed by atoms with Gasteiger partial charge in [0.25, 0.3) is 0 Å². The number of rotatable bonds is 2. The van der Waals surface area contributed by atoms with Crippen LogP contribution in [0.1, 0.15) is 6.42 Å². The van der Waals surface area contributed by atoms with Crippen molar-refractivity contribution in [2.75, 3.05) is 0 Å². The predicted octanol–water partition coefficient (Wildman–Crippen LogP) is 3.44. The summed E-state index contributed by atoms with van der Waals surface area (Å²) in [4.78, 5) is -3.60. The van der Waals surface area contributed by atoms with Crippen LogP contribution in [0.15, 0.2) is 11.9 Å². The summed E-state index contributed by atoms with van der Waals surface area (Å²) in [5, 5.41) is 0. The lowest BCUT2D eigenvalue weighted by Gasteiger charge is -2.03. The van der Waals surface area contributed by atoms with Crippen LogP contribution in [0.5, 0.6) is 0 Å². The zero-order valence-corrected chi connectivity index (χ0v) is 6.06. The Balaban J connectivity index is 4.06. The Kier molecular flexibility index (Phi) is 3.27. The lowest BCUT2D eigenvalue weighted by Crippen LogP contribution is -2.04. The van der Waals surface area contributed by atoms with Crippen molar-refractivity contribution in [2.45, 2.75) is 11.3 Å². The Bertz CT molecular complexity index is 142. The van der Waals surface area contributed by atoms with Crippen molar-refractivity contribution in [3.8, 4) is 0 Å². The van der Waals surface area contributed by atoms with Gasteiger partial charge in [-0.25, -0.2) is 4.39 Å². The van der Waals surface area contributed by atoms with Crippen LogP contribution in [0.3, 0.4) is 0 Å². The second-order valence-electron chi connectivity index (χ2n) is 1.46. The summed E-state index contributed by atoms with van der Waals surface area (Å²) in [6.07, 6.45) is -4.32. The van der Waals surface area contributed by atoms with E-state index in [4.69, 9.17) is 0 Å². The van der Waals surface area contributed by atoms with E-state index in [1.165, 1.54) is 0 Å². The standard InChI is InChI=1S/C4H2BrF5/c5-4(9,10)1-2(6)3(7)8/h1H2. The molecular weight excluding hydrogens is 223 g/mol. The normalized spacial score (nSPS) is 11.4. The molecular formula is C4H2BrF5. The molecule has 6 heteroatoms. The molecule has 0 atom stereocenters. The Morgan fingerprint density at radius 1 is 1.20 bits per heavy atom. The molecule has 0 amide bonds.